The van der Waals surface area contributed by atoms with Gasteiger partial charge in [0.25, 0.3) is 0 Å². The lowest BCUT2D eigenvalue weighted by Crippen LogP contribution is -2.72. The van der Waals surface area contributed by atoms with Gasteiger partial charge in [0.05, 0.1) is 12.3 Å². The number of anilines is 1. The van der Waals surface area contributed by atoms with Gasteiger partial charge in [-0.3, -0.25) is 5.32 Å². The number of urea groups is 1. The van der Waals surface area contributed by atoms with Gasteiger partial charge in [0, 0.05) is 24.0 Å². The van der Waals surface area contributed by atoms with Crippen molar-refractivity contribution in [3.05, 3.63) is 12.5 Å². The number of oxazole rings is 1. The smallest absolute Gasteiger partial charge is 0.323 e. The molecule has 0 bridgehead atoms. The van der Waals surface area contributed by atoms with Gasteiger partial charge in [0.1, 0.15) is 6.26 Å². The molecule has 1 saturated heterocycles. The number of nitrogens with zero attached hydrogens (tertiary/aromatic N) is 1. The number of hydrogen-bond acceptors (Lipinski definition) is 4. The zero-order chi connectivity index (χ0) is 12.9. The Balaban J connectivity index is 1.43. The minimum absolute atomic E-state index is 0.203. The number of fused-ring (bicyclic) bond motifs is 2. The molecule has 19 heavy (non-hydrogen) atoms. The zero-order valence-corrected chi connectivity index (χ0v) is 10.6. The Morgan fingerprint density at radius 1 is 1.47 bits per heavy atom. The maximum absolute atomic E-state index is 12.0. The summed E-state index contributed by atoms with van der Waals surface area (Å²) in [4.78, 5) is 15.8. The fourth-order valence-corrected chi connectivity index (χ4v) is 4.02. The highest BCUT2D eigenvalue weighted by atomic mass is 16.5. The standard InChI is InChI=1S/C13H17N3O3/c17-11(16-12-14-5-7-19-12)15-9-8-2-6-18-10(8)13(9)3-1-4-13/h5,7-10H,1-4,6H2,(H2,14,15,16,17). The summed E-state index contributed by atoms with van der Waals surface area (Å²) in [6, 6.07) is 0.242. The van der Waals surface area contributed by atoms with E-state index in [1.54, 1.807) is 0 Å². The average Bonchev–Trinajstić information content (AvgIpc) is 2.94. The van der Waals surface area contributed by atoms with Crippen molar-refractivity contribution in [1.29, 1.82) is 0 Å². The fourth-order valence-electron chi connectivity index (χ4n) is 4.02. The normalized spacial score (nSPS) is 34.2. The Hall–Kier alpha value is -1.56. The first-order chi connectivity index (χ1) is 9.29. The Kier molecular flexibility index (Phi) is 2.35. The van der Waals surface area contributed by atoms with Crippen molar-refractivity contribution in [2.75, 3.05) is 11.9 Å². The van der Waals surface area contributed by atoms with Gasteiger partial charge in [-0.15, -0.1) is 0 Å². The third-order valence-electron chi connectivity index (χ3n) is 4.98. The SMILES string of the molecule is O=C(Nc1ncco1)NC1C2CCOC2C12CCC2. The molecule has 3 unspecified atom stereocenters. The summed E-state index contributed by atoms with van der Waals surface area (Å²) in [6.07, 6.45) is 7.94. The number of hydrogen-bond donors (Lipinski definition) is 2. The largest absolute Gasteiger partial charge is 0.432 e. The molecule has 1 aromatic rings. The van der Waals surface area contributed by atoms with Gasteiger partial charge in [-0.1, -0.05) is 6.42 Å². The first-order valence-electron chi connectivity index (χ1n) is 6.88. The summed E-state index contributed by atoms with van der Waals surface area (Å²) >= 11 is 0. The Labute approximate surface area is 110 Å². The van der Waals surface area contributed by atoms with Crippen LogP contribution < -0.4 is 10.6 Å². The van der Waals surface area contributed by atoms with Crippen LogP contribution in [-0.2, 0) is 4.74 Å². The van der Waals surface area contributed by atoms with Crippen molar-refractivity contribution in [3.8, 4) is 0 Å². The Bertz CT molecular complexity index is 483. The zero-order valence-electron chi connectivity index (χ0n) is 10.6. The highest BCUT2D eigenvalue weighted by molar-refractivity contribution is 5.87. The van der Waals surface area contributed by atoms with Crippen molar-refractivity contribution in [2.45, 2.75) is 37.8 Å². The quantitative estimate of drug-likeness (QED) is 0.852. The second kappa shape index (κ2) is 3.96. The van der Waals surface area contributed by atoms with E-state index in [0.717, 1.165) is 25.9 Å². The number of carbonyl (C=O) groups is 1. The minimum Gasteiger partial charge on any atom is -0.432 e. The van der Waals surface area contributed by atoms with Crippen LogP contribution in [0.2, 0.25) is 0 Å². The van der Waals surface area contributed by atoms with Crippen molar-refractivity contribution in [2.24, 2.45) is 11.3 Å². The Morgan fingerprint density at radius 2 is 2.37 bits per heavy atom. The second-order valence-corrected chi connectivity index (χ2v) is 5.74. The molecular formula is C13H17N3O3. The third kappa shape index (κ3) is 1.52. The van der Waals surface area contributed by atoms with Crippen LogP contribution in [0.1, 0.15) is 25.7 Å². The lowest BCUT2D eigenvalue weighted by atomic mass is 9.46. The van der Waals surface area contributed by atoms with E-state index in [-0.39, 0.29) is 23.5 Å². The van der Waals surface area contributed by atoms with Gasteiger partial charge in [0.15, 0.2) is 0 Å². The highest BCUT2D eigenvalue weighted by Gasteiger charge is 2.66. The summed E-state index contributed by atoms with van der Waals surface area (Å²) in [5.41, 5.74) is 0.203. The van der Waals surface area contributed by atoms with Gasteiger partial charge >= 0.3 is 12.0 Å². The average molecular weight is 263 g/mol. The predicted octanol–water partition coefficient (Wildman–Crippen LogP) is 1.75. The molecule has 2 N–H and O–H groups in total. The summed E-state index contributed by atoms with van der Waals surface area (Å²) in [7, 11) is 0. The van der Waals surface area contributed by atoms with Crippen molar-refractivity contribution in [1.82, 2.24) is 10.3 Å². The van der Waals surface area contributed by atoms with Gasteiger partial charge in [-0.2, -0.15) is 0 Å². The van der Waals surface area contributed by atoms with Crippen LogP contribution in [0.5, 0.6) is 0 Å². The topological polar surface area (TPSA) is 76.4 Å². The molecule has 1 aliphatic heterocycles. The first kappa shape index (κ1) is 11.3. The molecule has 1 aromatic heterocycles. The van der Waals surface area contributed by atoms with Crippen LogP contribution in [0.3, 0.4) is 0 Å². The summed E-state index contributed by atoms with van der Waals surface area (Å²) in [5, 5.41) is 5.71. The fraction of sp³-hybridized carbons (Fsp3) is 0.692. The summed E-state index contributed by atoms with van der Waals surface area (Å²) < 4.78 is 10.8. The Morgan fingerprint density at radius 3 is 3.05 bits per heavy atom. The molecule has 2 saturated carbocycles. The predicted molar refractivity (Wildman–Crippen MR) is 66.6 cm³/mol. The first-order valence-corrected chi connectivity index (χ1v) is 6.88. The van der Waals surface area contributed by atoms with Crippen LogP contribution in [0.15, 0.2) is 16.9 Å². The highest BCUT2D eigenvalue weighted by Crippen LogP contribution is 2.62. The van der Waals surface area contributed by atoms with Crippen molar-refractivity contribution < 1.29 is 13.9 Å². The summed E-state index contributed by atoms with van der Waals surface area (Å²) in [5.74, 6) is 0.482. The number of rotatable bonds is 2. The number of nitrogens with one attached hydrogen (secondary N) is 2. The number of amides is 2. The van der Waals surface area contributed by atoms with Crippen molar-refractivity contribution >= 4 is 12.0 Å². The molecule has 6 nitrogen and oxygen atoms in total. The lowest BCUT2D eigenvalue weighted by Gasteiger charge is -2.63. The van der Waals surface area contributed by atoms with E-state index in [1.165, 1.54) is 18.9 Å². The van der Waals surface area contributed by atoms with E-state index in [1.807, 2.05) is 0 Å². The second-order valence-electron chi connectivity index (χ2n) is 5.74. The minimum atomic E-state index is -0.232. The molecule has 2 heterocycles. The van der Waals surface area contributed by atoms with E-state index < -0.39 is 0 Å². The molecule has 1 spiro atoms. The molecular weight excluding hydrogens is 246 g/mol. The maximum atomic E-state index is 12.0. The van der Waals surface area contributed by atoms with Gasteiger partial charge in [-0.25, -0.2) is 9.78 Å². The van der Waals surface area contributed by atoms with E-state index >= 15 is 0 Å². The molecule has 0 aromatic carbocycles. The van der Waals surface area contributed by atoms with Gasteiger partial charge in [-0.05, 0) is 19.3 Å². The molecule has 4 rings (SSSR count). The van der Waals surface area contributed by atoms with E-state index in [9.17, 15) is 4.79 Å². The van der Waals surface area contributed by atoms with Crippen LogP contribution in [0, 0.1) is 11.3 Å². The van der Waals surface area contributed by atoms with E-state index in [4.69, 9.17) is 9.15 Å². The molecule has 2 amide bonds. The molecule has 3 fully saturated rings. The van der Waals surface area contributed by atoms with E-state index in [0.29, 0.717) is 12.0 Å². The van der Waals surface area contributed by atoms with Crippen LogP contribution in [-0.4, -0.2) is 29.8 Å². The maximum Gasteiger partial charge on any atom is 0.323 e. The van der Waals surface area contributed by atoms with Crippen molar-refractivity contribution in [3.63, 3.8) is 0 Å². The van der Waals surface area contributed by atoms with Crippen LogP contribution in [0.25, 0.3) is 0 Å². The number of aromatic nitrogens is 1. The lowest BCUT2D eigenvalue weighted by molar-refractivity contribution is -0.171. The molecule has 3 aliphatic rings. The molecule has 2 aliphatic carbocycles. The molecule has 3 atom stereocenters. The molecule has 6 heteroatoms. The molecule has 0 radical (unpaired) electrons. The van der Waals surface area contributed by atoms with Gasteiger partial charge in [0.2, 0.25) is 0 Å². The monoisotopic (exact) mass is 263 g/mol. The van der Waals surface area contributed by atoms with Crippen LogP contribution >= 0.6 is 0 Å². The summed E-state index contributed by atoms with van der Waals surface area (Å²) in [6.45, 7) is 0.830. The van der Waals surface area contributed by atoms with Crippen LogP contribution in [0.4, 0.5) is 10.8 Å². The molecule has 102 valence electrons. The number of ether oxygens (including phenoxy) is 1. The third-order valence-corrected chi connectivity index (χ3v) is 4.98. The van der Waals surface area contributed by atoms with E-state index in [2.05, 4.69) is 15.6 Å². The van der Waals surface area contributed by atoms with Gasteiger partial charge < -0.3 is 14.5 Å². The number of carbonyl (C=O) groups excluding carboxylic acids is 1.